The summed E-state index contributed by atoms with van der Waals surface area (Å²) in [6, 6.07) is 0. The van der Waals surface area contributed by atoms with Gasteiger partial charge < -0.3 is 50.9 Å². The van der Waals surface area contributed by atoms with E-state index in [0.717, 1.165) is 48.2 Å². The summed E-state index contributed by atoms with van der Waals surface area (Å²) in [5.74, 6) is -0.863. The van der Waals surface area contributed by atoms with Crippen LogP contribution in [0.2, 0.25) is 0 Å². The number of ether oxygens (including phenoxy) is 1. The van der Waals surface area contributed by atoms with E-state index >= 15 is 0 Å². The molecule has 0 spiro atoms. The fourth-order valence-corrected chi connectivity index (χ4v) is 10.0. The average Bonchev–Trinajstić information content (AvgIpc) is 3.75. The summed E-state index contributed by atoms with van der Waals surface area (Å²) in [5, 5.41) is 26.7. The number of anilines is 1. The Labute approximate surface area is 369 Å². The van der Waals surface area contributed by atoms with Crippen LogP contribution < -0.4 is 16.4 Å². The Balaban J connectivity index is 1.42. The molecule has 63 heavy (non-hydrogen) atoms. The first-order valence-corrected chi connectivity index (χ1v) is 25.8. The lowest BCUT2D eigenvalue weighted by Crippen LogP contribution is -2.46. The minimum atomic E-state index is -5.58. The molecule has 1 aliphatic heterocycles. The number of amides is 2. The average molecular weight is 978 g/mol. The number of aliphatic hydroxyl groups is 2. The number of aromatic nitrogens is 4. The van der Waals surface area contributed by atoms with Crippen molar-refractivity contribution in [1.82, 2.24) is 30.2 Å². The molecule has 1 saturated heterocycles. The molecule has 28 heteroatoms. The third kappa shape index (κ3) is 17.1. The molecular formula is C35H62N7O17P3S. The maximum absolute atomic E-state index is 12.9. The lowest BCUT2D eigenvalue weighted by atomic mass is 9.78. The molecule has 0 saturated carbocycles. The van der Waals surface area contributed by atoms with Gasteiger partial charge in [-0.1, -0.05) is 91.8 Å². The van der Waals surface area contributed by atoms with E-state index in [1.807, 2.05) is 13.8 Å². The van der Waals surface area contributed by atoms with Gasteiger partial charge in [0.05, 0.1) is 19.5 Å². The summed E-state index contributed by atoms with van der Waals surface area (Å²) >= 11 is 1.16. The van der Waals surface area contributed by atoms with Crippen LogP contribution in [-0.2, 0) is 50.7 Å². The molecule has 360 valence electrons. The topological polar surface area (TPSA) is 364 Å². The molecule has 2 aromatic heterocycles. The van der Waals surface area contributed by atoms with Gasteiger partial charge in [0.2, 0.25) is 11.8 Å². The SMILES string of the molecule is CCCCCCCCC(C)C(C)(C)C(=O)SCCNC(=O)CCNC(=O)[C@H](O)C(C)(C)COP(=O)(O)OP(=O)(O)OC[C@H]1O[C@@H](n2cnc3c(N)ncnc32)[C@H](O)[C@@H]1OP(=O)(O)O. The normalized spacial score (nSPS) is 21.4. The first-order valence-electron chi connectivity index (χ1n) is 20.3. The van der Waals surface area contributed by atoms with Crippen LogP contribution in [0.25, 0.3) is 11.2 Å². The van der Waals surface area contributed by atoms with Gasteiger partial charge in [-0.2, -0.15) is 4.31 Å². The maximum Gasteiger partial charge on any atom is 0.481 e. The Morgan fingerprint density at radius 3 is 2.29 bits per heavy atom. The second kappa shape index (κ2) is 23.8. The minimum absolute atomic E-state index is 0.0323. The second-order valence-corrected chi connectivity index (χ2v) is 21.7. The molecule has 1 fully saturated rings. The smallest absolute Gasteiger partial charge is 0.386 e. The van der Waals surface area contributed by atoms with Crippen molar-refractivity contribution in [3.05, 3.63) is 12.7 Å². The molecule has 24 nitrogen and oxygen atoms in total. The highest BCUT2D eigenvalue weighted by Crippen LogP contribution is 2.61. The van der Waals surface area contributed by atoms with Gasteiger partial charge in [0.15, 0.2) is 22.8 Å². The number of phosphoric acid groups is 3. The first kappa shape index (κ1) is 54.9. The number of nitrogen functional groups attached to an aromatic ring is 1. The van der Waals surface area contributed by atoms with Crippen molar-refractivity contribution in [2.24, 2.45) is 16.7 Å². The van der Waals surface area contributed by atoms with Crippen LogP contribution in [0.3, 0.4) is 0 Å². The molecule has 0 aliphatic carbocycles. The van der Waals surface area contributed by atoms with E-state index < -0.39 is 90.0 Å². The minimum Gasteiger partial charge on any atom is -0.386 e. The largest absolute Gasteiger partial charge is 0.481 e. The quantitative estimate of drug-likeness (QED) is 0.0437. The summed E-state index contributed by atoms with van der Waals surface area (Å²) in [5.41, 5.74) is 3.76. The number of fused-ring (bicyclic) bond motifs is 1. The van der Waals surface area contributed by atoms with Gasteiger partial charge in [-0.3, -0.25) is 32.5 Å². The first-order chi connectivity index (χ1) is 29.2. The number of nitrogens with one attached hydrogen (secondary N) is 2. The van der Waals surface area contributed by atoms with E-state index in [4.69, 9.17) is 19.5 Å². The van der Waals surface area contributed by atoms with E-state index in [1.165, 1.54) is 39.5 Å². The van der Waals surface area contributed by atoms with Crippen molar-refractivity contribution in [2.75, 3.05) is 37.8 Å². The van der Waals surface area contributed by atoms with Gasteiger partial charge in [0.25, 0.3) is 0 Å². The van der Waals surface area contributed by atoms with Gasteiger partial charge in [-0.15, -0.1) is 0 Å². The van der Waals surface area contributed by atoms with Crippen molar-refractivity contribution in [1.29, 1.82) is 0 Å². The molecule has 2 amide bonds. The van der Waals surface area contributed by atoms with Crippen molar-refractivity contribution in [2.45, 2.75) is 124 Å². The molecule has 1 aliphatic rings. The molecule has 3 unspecified atom stereocenters. The van der Waals surface area contributed by atoms with Crippen molar-refractivity contribution in [3.8, 4) is 0 Å². The van der Waals surface area contributed by atoms with Crippen LogP contribution in [0.1, 0.15) is 99.1 Å². The summed E-state index contributed by atoms with van der Waals surface area (Å²) < 4.78 is 62.4. The lowest BCUT2D eigenvalue weighted by Gasteiger charge is -2.30. The number of hydrogen-bond donors (Lipinski definition) is 9. The van der Waals surface area contributed by atoms with Gasteiger partial charge in [0.1, 0.15) is 36.3 Å². The van der Waals surface area contributed by atoms with Gasteiger partial charge in [-0.05, 0) is 12.3 Å². The molecule has 0 bridgehead atoms. The zero-order valence-electron chi connectivity index (χ0n) is 36.1. The Bertz CT molecular complexity index is 1990. The number of carbonyl (C=O) groups is 3. The highest BCUT2D eigenvalue weighted by Gasteiger charge is 2.50. The van der Waals surface area contributed by atoms with Crippen molar-refractivity contribution < 1.29 is 80.5 Å². The Kier molecular flexibility index (Phi) is 20.8. The summed E-state index contributed by atoms with van der Waals surface area (Å²) in [4.78, 5) is 89.2. The van der Waals surface area contributed by atoms with E-state index in [0.29, 0.717) is 5.75 Å². The number of nitrogens with two attached hydrogens (primary N) is 1. The molecule has 0 radical (unpaired) electrons. The molecule has 0 aromatic carbocycles. The molecule has 10 N–H and O–H groups in total. The molecule has 3 rings (SSSR count). The summed E-state index contributed by atoms with van der Waals surface area (Å²) in [6.07, 6.45) is 1.15. The summed E-state index contributed by atoms with van der Waals surface area (Å²) in [7, 11) is -16.4. The summed E-state index contributed by atoms with van der Waals surface area (Å²) in [6.45, 7) is 8.69. The Morgan fingerprint density at radius 1 is 0.968 bits per heavy atom. The van der Waals surface area contributed by atoms with Crippen LogP contribution in [0.5, 0.6) is 0 Å². The number of rotatable bonds is 28. The maximum atomic E-state index is 12.9. The van der Waals surface area contributed by atoms with E-state index in [2.05, 4.69) is 48.3 Å². The van der Waals surface area contributed by atoms with E-state index in [-0.39, 0.29) is 47.5 Å². The van der Waals surface area contributed by atoms with E-state index in [1.54, 1.807) is 0 Å². The number of unbranched alkanes of at least 4 members (excludes halogenated alkanes) is 5. The number of phosphoric ester groups is 3. The lowest BCUT2D eigenvalue weighted by molar-refractivity contribution is -0.137. The number of carbonyl (C=O) groups excluding carboxylic acids is 3. The molecule has 2 aromatic rings. The number of hydrogen-bond acceptors (Lipinski definition) is 18. The Morgan fingerprint density at radius 2 is 1.62 bits per heavy atom. The molecule has 8 atom stereocenters. The fraction of sp³-hybridized carbons (Fsp3) is 0.771. The van der Waals surface area contributed by atoms with Crippen LogP contribution in [0.15, 0.2) is 12.7 Å². The van der Waals surface area contributed by atoms with Crippen LogP contribution >= 0.6 is 35.2 Å². The third-order valence-electron chi connectivity index (χ3n) is 10.5. The monoisotopic (exact) mass is 977 g/mol. The second-order valence-electron chi connectivity index (χ2n) is 16.4. The zero-order chi connectivity index (χ0) is 47.4. The zero-order valence-corrected chi connectivity index (χ0v) is 39.6. The van der Waals surface area contributed by atoms with Crippen molar-refractivity contribution >= 4 is 69.1 Å². The number of aliphatic hydroxyl groups excluding tert-OH is 2. The van der Waals surface area contributed by atoms with Crippen molar-refractivity contribution in [3.63, 3.8) is 0 Å². The predicted molar refractivity (Wildman–Crippen MR) is 228 cm³/mol. The predicted octanol–water partition coefficient (Wildman–Crippen LogP) is 3.08. The molecular weight excluding hydrogens is 915 g/mol. The van der Waals surface area contributed by atoms with Crippen LogP contribution in [0.4, 0.5) is 5.82 Å². The standard InChI is InChI=1S/C35H62N7O17P3S/c1-7-8-9-10-11-12-13-22(2)35(5,6)33(47)63-17-16-37-24(43)14-15-38-31(46)28(45)34(3,4)19-56-62(53,54)59-61(51,52)55-18-23-27(58-60(48,49)50)26(44)32(57-23)42-21-41-25-29(36)39-20-40-30(25)42/h20-23,26-28,32,44-45H,7-19H2,1-6H3,(H,37,43)(H,38,46)(H,51,52)(H,53,54)(H2,36,39,40)(H2,48,49,50)/t22?,23-,26-,27-,28+,32-/m1/s1. The van der Waals surface area contributed by atoms with E-state index in [9.17, 15) is 57.9 Å². The fourth-order valence-electron chi connectivity index (χ4n) is 6.25. The number of imidazole rings is 1. The van der Waals surface area contributed by atoms with Gasteiger partial charge in [0, 0.05) is 36.1 Å². The number of nitrogens with zero attached hydrogens (tertiary/aromatic N) is 4. The highest BCUT2D eigenvalue weighted by atomic mass is 32.2. The van der Waals surface area contributed by atoms with Gasteiger partial charge >= 0.3 is 23.5 Å². The van der Waals surface area contributed by atoms with Crippen LogP contribution in [-0.4, -0.2) is 123 Å². The Hall–Kier alpha value is -2.44. The van der Waals surface area contributed by atoms with Crippen LogP contribution in [0, 0.1) is 16.7 Å². The third-order valence-corrected chi connectivity index (χ3v) is 14.8. The van der Waals surface area contributed by atoms with Gasteiger partial charge in [-0.25, -0.2) is 28.6 Å². The molecule has 3 heterocycles. The highest BCUT2D eigenvalue weighted by molar-refractivity contribution is 8.13. The number of thioether (sulfide) groups is 1.